The number of likely N-dealkylation sites (N-methyl/N-ethyl adjacent to an activating group) is 1. The van der Waals surface area contributed by atoms with Crippen molar-refractivity contribution in [3.8, 4) is 0 Å². The third kappa shape index (κ3) is 6.24. The SMILES string of the molecule is Cc1ccccc1N1CCN(c2ccc(C(=O)NCCCN3C(=O)CN(C)C3=O)cc2NC(=O)c2coc(C3CC3)n2)CC1. The molecule has 2 aliphatic heterocycles. The lowest BCUT2D eigenvalue weighted by molar-refractivity contribution is -0.125. The van der Waals surface area contributed by atoms with Gasteiger partial charge in [-0.25, -0.2) is 9.78 Å². The summed E-state index contributed by atoms with van der Waals surface area (Å²) < 4.78 is 5.53. The van der Waals surface area contributed by atoms with Crippen LogP contribution >= 0.6 is 0 Å². The molecule has 6 rings (SSSR count). The van der Waals surface area contributed by atoms with Gasteiger partial charge in [0.15, 0.2) is 11.6 Å². The molecule has 230 valence electrons. The molecule has 12 heteroatoms. The molecule has 2 saturated heterocycles. The molecule has 5 amide bonds. The Morgan fingerprint density at radius 2 is 1.70 bits per heavy atom. The summed E-state index contributed by atoms with van der Waals surface area (Å²) in [7, 11) is 1.58. The van der Waals surface area contributed by atoms with Crippen LogP contribution in [-0.2, 0) is 4.79 Å². The van der Waals surface area contributed by atoms with E-state index in [-0.39, 0.29) is 49.1 Å². The van der Waals surface area contributed by atoms with Gasteiger partial charge in [-0.05, 0) is 56.0 Å². The van der Waals surface area contributed by atoms with Crippen LogP contribution in [-0.4, -0.2) is 91.4 Å². The highest BCUT2D eigenvalue weighted by molar-refractivity contribution is 6.06. The highest BCUT2D eigenvalue weighted by Crippen LogP contribution is 2.39. The molecule has 1 saturated carbocycles. The van der Waals surface area contributed by atoms with Crippen LogP contribution < -0.4 is 20.4 Å². The Balaban J connectivity index is 1.14. The molecule has 0 spiro atoms. The first-order chi connectivity index (χ1) is 21.3. The first-order valence-corrected chi connectivity index (χ1v) is 15.1. The molecule has 0 unspecified atom stereocenters. The summed E-state index contributed by atoms with van der Waals surface area (Å²) in [5.41, 5.74) is 4.37. The largest absolute Gasteiger partial charge is 0.448 e. The first kappa shape index (κ1) is 29.2. The Morgan fingerprint density at radius 1 is 0.977 bits per heavy atom. The monoisotopic (exact) mass is 599 g/mol. The van der Waals surface area contributed by atoms with Gasteiger partial charge < -0.3 is 29.8 Å². The van der Waals surface area contributed by atoms with E-state index in [0.717, 1.165) is 44.7 Å². The summed E-state index contributed by atoms with van der Waals surface area (Å²) >= 11 is 0. The number of carbonyl (C=O) groups excluding carboxylic acids is 4. The zero-order chi connectivity index (χ0) is 30.8. The molecule has 0 bridgehead atoms. The van der Waals surface area contributed by atoms with E-state index in [4.69, 9.17) is 4.42 Å². The molecule has 1 aromatic heterocycles. The Bertz CT molecular complexity index is 1570. The minimum atomic E-state index is -0.400. The van der Waals surface area contributed by atoms with Crippen molar-refractivity contribution in [2.75, 3.05) is 68.0 Å². The fourth-order valence-corrected chi connectivity index (χ4v) is 5.69. The summed E-state index contributed by atoms with van der Waals surface area (Å²) in [6.07, 6.45) is 3.84. The van der Waals surface area contributed by atoms with Crippen molar-refractivity contribution in [3.63, 3.8) is 0 Å². The highest BCUT2D eigenvalue weighted by Gasteiger charge is 2.33. The molecule has 1 aliphatic carbocycles. The lowest BCUT2D eigenvalue weighted by Crippen LogP contribution is -2.47. The smallest absolute Gasteiger partial charge is 0.326 e. The molecule has 12 nitrogen and oxygen atoms in total. The number of carbonyl (C=O) groups is 4. The Hall–Kier alpha value is -4.87. The molecule has 3 heterocycles. The zero-order valence-electron chi connectivity index (χ0n) is 25.0. The second-order valence-corrected chi connectivity index (χ2v) is 11.6. The number of rotatable bonds is 10. The maximum absolute atomic E-state index is 13.3. The number of imide groups is 1. The number of amides is 5. The van der Waals surface area contributed by atoms with Crippen molar-refractivity contribution in [3.05, 3.63) is 71.4 Å². The van der Waals surface area contributed by atoms with E-state index in [2.05, 4.69) is 50.5 Å². The number of oxazole rings is 1. The number of urea groups is 1. The van der Waals surface area contributed by atoms with Crippen LogP contribution in [0.3, 0.4) is 0 Å². The third-order valence-corrected chi connectivity index (χ3v) is 8.34. The summed E-state index contributed by atoms with van der Waals surface area (Å²) in [4.78, 5) is 62.0. The number of benzene rings is 2. The van der Waals surface area contributed by atoms with Gasteiger partial charge in [0, 0.05) is 63.5 Å². The van der Waals surface area contributed by atoms with Gasteiger partial charge in [0.05, 0.1) is 11.4 Å². The van der Waals surface area contributed by atoms with Crippen LogP contribution in [0.4, 0.5) is 21.9 Å². The number of aryl methyl sites for hydroxylation is 1. The first-order valence-electron chi connectivity index (χ1n) is 15.1. The maximum Gasteiger partial charge on any atom is 0.326 e. The second-order valence-electron chi connectivity index (χ2n) is 11.6. The summed E-state index contributed by atoms with van der Waals surface area (Å²) in [5, 5.41) is 5.84. The number of piperazine rings is 1. The Kier molecular flexibility index (Phi) is 8.23. The molecule has 0 atom stereocenters. The molecular weight excluding hydrogens is 562 g/mol. The van der Waals surface area contributed by atoms with E-state index in [1.165, 1.54) is 27.3 Å². The molecule has 2 N–H and O–H groups in total. The van der Waals surface area contributed by atoms with Gasteiger partial charge in [-0.1, -0.05) is 18.2 Å². The number of nitrogens with zero attached hydrogens (tertiary/aromatic N) is 5. The van der Waals surface area contributed by atoms with Gasteiger partial charge in [-0.2, -0.15) is 0 Å². The number of nitrogens with one attached hydrogen (secondary N) is 2. The summed E-state index contributed by atoms with van der Waals surface area (Å²) in [6.45, 7) is 5.80. The van der Waals surface area contributed by atoms with Gasteiger partial charge in [0.25, 0.3) is 11.8 Å². The van der Waals surface area contributed by atoms with Gasteiger partial charge in [-0.15, -0.1) is 0 Å². The van der Waals surface area contributed by atoms with Gasteiger partial charge in [-0.3, -0.25) is 19.3 Å². The lowest BCUT2D eigenvalue weighted by atomic mass is 10.1. The normalized spacial score (nSPS) is 17.0. The molecule has 3 aromatic rings. The number of anilines is 3. The predicted molar refractivity (Wildman–Crippen MR) is 165 cm³/mol. The summed E-state index contributed by atoms with van der Waals surface area (Å²) in [5.74, 6) is -0.0880. The van der Waals surface area contributed by atoms with Crippen LogP contribution in [0.1, 0.15) is 57.5 Å². The topological polar surface area (TPSA) is 131 Å². The fraction of sp³-hybridized carbons (Fsp3) is 0.406. The van der Waals surface area contributed by atoms with Crippen LogP contribution in [0, 0.1) is 6.92 Å². The van der Waals surface area contributed by atoms with Crippen molar-refractivity contribution < 1.29 is 23.6 Å². The van der Waals surface area contributed by atoms with Crippen LogP contribution in [0.5, 0.6) is 0 Å². The molecular formula is C32H37N7O5. The summed E-state index contributed by atoms with van der Waals surface area (Å²) in [6, 6.07) is 13.3. The van der Waals surface area contributed by atoms with Crippen molar-refractivity contribution in [1.82, 2.24) is 20.1 Å². The Morgan fingerprint density at radius 3 is 2.39 bits per heavy atom. The molecule has 3 aliphatic rings. The van der Waals surface area contributed by atoms with Gasteiger partial charge in [0.1, 0.15) is 12.8 Å². The van der Waals surface area contributed by atoms with Crippen molar-refractivity contribution in [2.24, 2.45) is 0 Å². The zero-order valence-corrected chi connectivity index (χ0v) is 25.0. The lowest BCUT2D eigenvalue weighted by Gasteiger charge is -2.38. The van der Waals surface area contributed by atoms with Crippen molar-refractivity contribution >= 4 is 40.8 Å². The second kappa shape index (κ2) is 12.4. The quantitative estimate of drug-likeness (QED) is 0.268. The predicted octanol–water partition coefficient (Wildman–Crippen LogP) is 3.45. The minimum Gasteiger partial charge on any atom is -0.448 e. The molecule has 2 aromatic carbocycles. The van der Waals surface area contributed by atoms with E-state index in [1.54, 1.807) is 19.2 Å². The average Bonchev–Trinajstić information content (AvgIpc) is 3.70. The van der Waals surface area contributed by atoms with E-state index in [0.29, 0.717) is 23.6 Å². The highest BCUT2D eigenvalue weighted by atomic mass is 16.3. The minimum absolute atomic E-state index is 0.0726. The Labute approximate surface area is 256 Å². The molecule has 44 heavy (non-hydrogen) atoms. The molecule has 0 radical (unpaired) electrons. The van der Waals surface area contributed by atoms with Crippen molar-refractivity contribution in [2.45, 2.75) is 32.1 Å². The fourth-order valence-electron chi connectivity index (χ4n) is 5.69. The van der Waals surface area contributed by atoms with Crippen LogP contribution in [0.15, 0.2) is 53.1 Å². The standard InChI is InChI=1S/C32H37N7O5/c1-21-6-3-4-7-26(21)37-14-16-38(17-15-37)27-11-10-23(29(41)33-12-5-13-39-28(40)19-36(2)32(39)43)18-24(27)34-30(42)25-20-44-31(35-25)22-8-9-22/h3-4,6-7,10-11,18,20,22H,5,8-9,12-17,19H2,1-2H3,(H,33,41)(H,34,42). The van der Waals surface area contributed by atoms with E-state index >= 15 is 0 Å². The van der Waals surface area contributed by atoms with E-state index in [1.807, 2.05) is 12.1 Å². The number of aromatic nitrogens is 1. The van der Waals surface area contributed by atoms with Crippen LogP contribution in [0.2, 0.25) is 0 Å². The van der Waals surface area contributed by atoms with Gasteiger partial charge in [0.2, 0.25) is 5.91 Å². The van der Waals surface area contributed by atoms with Crippen LogP contribution in [0.25, 0.3) is 0 Å². The van der Waals surface area contributed by atoms with E-state index in [9.17, 15) is 19.2 Å². The maximum atomic E-state index is 13.3. The average molecular weight is 600 g/mol. The molecule has 3 fully saturated rings. The number of para-hydroxylation sites is 1. The number of hydrogen-bond acceptors (Lipinski definition) is 8. The van der Waals surface area contributed by atoms with Crippen molar-refractivity contribution in [1.29, 1.82) is 0 Å². The third-order valence-electron chi connectivity index (χ3n) is 8.34. The van der Waals surface area contributed by atoms with Gasteiger partial charge >= 0.3 is 6.03 Å². The number of hydrogen-bond donors (Lipinski definition) is 2. The van der Waals surface area contributed by atoms with E-state index < -0.39 is 5.91 Å².